The Morgan fingerprint density at radius 2 is 2.25 bits per heavy atom. The molecule has 0 amide bonds. The van der Waals surface area contributed by atoms with Crippen molar-refractivity contribution in [3.8, 4) is 5.88 Å². The molecule has 20 heavy (non-hydrogen) atoms. The fourth-order valence-electron chi connectivity index (χ4n) is 1.86. The lowest BCUT2D eigenvalue weighted by Gasteiger charge is -2.08. The van der Waals surface area contributed by atoms with Crippen molar-refractivity contribution < 1.29 is 9.53 Å². The normalized spacial score (nSPS) is 11.6. The number of H-pyrrole nitrogens is 1. The molecule has 0 radical (unpaired) electrons. The number of nitrogens with zero attached hydrogens (tertiary/aromatic N) is 2. The van der Waals surface area contributed by atoms with E-state index in [1.54, 1.807) is 6.08 Å². The predicted octanol–water partition coefficient (Wildman–Crippen LogP) is 2.68. The highest BCUT2D eigenvalue weighted by atomic mass is 16.5. The number of ketones is 1. The van der Waals surface area contributed by atoms with E-state index < -0.39 is 0 Å². The Hall–Kier alpha value is -2.17. The largest absolute Gasteiger partial charge is 0.477 e. The molecule has 0 saturated carbocycles. The van der Waals surface area contributed by atoms with E-state index in [0.29, 0.717) is 24.8 Å². The van der Waals surface area contributed by atoms with E-state index in [0.717, 1.165) is 16.6 Å². The Morgan fingerprint density at radius 1 is 1.45 bits per heavy atom. The minimum absolute atomic E-state index is 0.0392. The van der Waals surface area contributed by atoms with Gasteiger partial charge in [0.1, 0.15) is 12.0 Å². The minimum atomic E-state index is 0.0392. The topological polar surface area (TPSA) is 67.9 Å². The van der Waals surface area contributed by atoms with E-state index in [-0.39, 0.29) is 5.78 Å². The van der Waals surface area contributed by atoms with E-state index in [1.165, 1.54) is 13.3 Å². The van der Waals surface area contributed by atoms with Gasteiger partial charge in [0, 0.05) is 6.20 Å². The Labute approximate surface area is 118 Å². The van der Waals surface area contributed by atoms with Crippen molar-refractivity contribution in [3.05, 3.63) is 30.2 Å². The smallest absolute Gasteiger partial charge is 0.226 e. The fraction of sp³-hybridized carbons (Fsp3) is 0.400. The predicted molar refractivity (Wildman–Crippen MR) is 77.7 cm³/mol. The number of aromatic nitrogens is 3. The lowest BCUT2D eigenvalue weighted by atomic mass is 10.1. The van der Waals surface area contributed by atoms with Crippen LogP contribution in [0.3, 0.4) is 0 Å². The number of hydrogen-bond donors (Lipinski definition) is 1. The second kappa shape index (κ2) is 6.32. The molecule has 0 aliphatic heterocycles. The number of allylic oxidation sites excluding steroid dienone is 2. The molecule has 2 heterocycles. The first kappa shape index (κ1) is 14.2. The van der Waals surface area contributed by atoms with Crippen LogP contribution in [-0.4, -0.2) is 27.3 Å². The van der Waals surface area contributed by atoms with Gasteiger partial charge in [-0.25, -0.2) is 9.97 Å². The number of aromatic amines is 1. The second-order valence-electron chi connectivity index (χ2n) is 5.14. The van der Waals surface area contributed by atoms with Crippen molar-refractivity contribution in [3.63, 3.8) is 0 Å². The third-order valence-electron chi connectivity index (χ3n) is 2.76. The molecule has 5 nitrogen and oxygen atoms in total. The molecule has 0 atom stereocenters. The van der Waals surface area contributed by atoms with Crippen LogP contribution in [0.25, 0.3) is 11.0 Å². The number of fused-ring (bicyclic) bond motifs is 1. The Balaban J connectivity index is 2.28. The fourth-order valence-corrected chi connectivity index (χ4v) is 1.86. The Bertz CT molecular complexity index is 629. The van der Waals surface area contributed by atoms with Crippen LogP contribution in [0.15, 0.2) is 24.7 Å². The quantitative estimate of drug-likeness (QED) is 0.822. The molecule has 0 bridgehead atoms. The summed E-state index contributed by atoms with van der Waals surface area (Å²) < 4.78 is 5.74. The van der Waals surface area contributed by atoms with Gasteiger partial charge < -0.3 is 9.72 Å². The van der Waals surface area contributed by atoms with Crippen molar-refractivity contribution in [1.82, 2.24) is 15.0 Å². The van der Waals surface area contributed by atoms with Gasteiger partial charge in [0.05, 0.1) is 12.0 Å². The third-order valence-corrected chi connectivity index (χ3v) is 2.76. The Kier molecular flexibility index (Phi) is 4.50. The zero-order valence-corrected chi connectivity index (χ0v) is 12.0. The lowest BCUT2D eigenvalue weighted by molar-refractivity contribution is -0.112. The van der Waals surface area contributed by atoms with Crippen LogP contribution in [0.5, 0.6) is 5.88 Å². The summed E-state index contributed by atoms with van der Waals surface area (Å²) in [7, 11) is 0. The van der Waals surface area contributed by atoms with Crippen LogP contribution in [0.2, 0.25) is 0 Å². The number of carbonyl (C=O) groups is 1. The average molecular weight is 273 g/mol. The molecule has 0 saturated heterocycles. The highest BCUT2D eigenvalue weighted by Gasteiger charge is 2.11. The molecule has 2 rings (SSSR count). The summed E-state index contributed by atoms with van der Waals surface area (Å²) in [5.74, 6) is 1.06. The van der Waals surface area contributed by atoms with E-state index >= 15 is 0 Å². The maximum absolute atomic E-state index is 10.9. The zero-order valence-electron chi connectivity index (χ0n) is 12.0. The summed E-state index contributed by atoms with van der Waals surface area (Å²) in [6.07, 6.45) is 7.42. The average Bonchev–Trinajstić information content (AvgIpc) is 2.80. The highest BCUT2D eigenvalue weighted by molar-refractivity contribution is 5.88. The molecular weight excluding hydrogens is 254 g/mol. The summed E-state index contributed by atoms with van der Waals surface area (Å²) in [4.78, 5) is 22.4. The summed E-state index contributed by atoms with van der Waals surface area (Å²) in [6.45, 7) is 6.32. The zero-order chi connectivity index (χ0) is 14.5. The first-order valence-corrected chi connectivity index (χ1v) is 6.68. The number of rotatable bonds is 6. The summed E-state index contributed by atoms with van der Waals surface area (Å²) in [5.41, 5.74) is 1.78. The van der Waals surface area contributed by atoms with Crippen molar-refractivity contribution in [1.29, 1.82) is 0 Å². The number of hydrogen-bond acceptors (Lipinski definition) is 4. The third kappa shape index (κ3) is 3.44. The first-order chi connectivity index (χ1) is 9.58. The van der Waals surface area contributed by atoms with Crippen molar-refractivity contribution in [2.24, 2.45) is 5.92 Å². The van der Waals surface area contributed by atoms with E-state index in [1.807, 2.05) is 12.3 Å². The molecule has 0 unspecified atom stereocenters. The maximum Gasteiger partial charge on any atom is 0.226 e. The molecule has 0 aromatic carbocycles. The SMILES string of the molecule is CC(=O)C=CCc1c[nH]c2ncnc(OCC(C)C)c12. The number of nitrogens with one attached hydrogen (secondary N) is 1. The minimum Gasteiger partial charge on any atom is -0.477 e. The van der Waals surface area contributed by atoms with Gasteiger partial charge in [-0.05, 0) is 30.9 Å². The van der Waals surface area contributed by atoms with Gasteiger partial charge in [-0.15, -0.1) is 0 Å². The van der Waals surface area contributed by atoms with E-state index in [9.17, 15) is 4.79 Å². The molecule has 1 N–H and O–H groups in total. The van der Waals surface area contributed by atoms with Gasteiger partial charge in [-0.2, -0.15) is 0 Å². The summed E-state index contributed by atoms with van der Waals surface area (Å²) in [5, 5.41) is 0.890. The van der Waals surface area contributed by atoms with Gasteiger partial charge in [0.25, 0.3) is 0 Å². The van der Waals surface area contributed by atoms with Gasteiger partial charge >= 0.3 is 0 Å². The van der Waals surface area contributed by atoms with Crippen molar-refractivity contribution in [2.75, 3.05) is 6.61 Å². The van der Waals surface area contributed by atoms with E-state index in [4.69, 9.17) is 4.74 Å². The van der Waals surface area contributed by atoms with Gasteiger partial charge in [0.2, 0.25) is 5.88 Å². The molecule has 0 spiro atoms. The van der Waals surface area contributed by atoms with Crippen LogP contribution < -0.4 is 4.74 Å². The molecule has 106 valence electrons. The lowest BCUT2D eigenvalue weighted by Crippen LogP contribution is -2.06. The molecule has 2 aromatic rings. The van der Waals surface area contributed by atoms with Gasteiger partial charge in [-0.3, -0.25) is 4.79 Å². The van der Waals surface area contributed by atoms with E-state index in [2.05, 4.69) is 28.8 Å². The molecule has 0 aliphatic carbocycles. The van der Waals surface area contributed by atoms with Crippen molar-refractivity contribution >= 4 is 16.8 Å². The Morgan fingerprint density at radius 3 is 2.95 bits per heavy atom. The van der Waals surface area contributed by atoms with Gasteiger partial charge in [-0.1, -0.05) is 19.9 Å². The van der Waals surface area contributed by atoms with Crippen LogP contribution >= 0.6 is 0 Å². The van der Waals surface area contributed by atoms with Crippen molar-refractivity contribution in [2.45, 2.75) is 27.2 Å². The number of ether oxygens (including phenoxy) is 1. The molecule has 0 aliphatic rings. The van der Waals surface area contributed by atoms with Crippen LogP contribution in [0.4, 0.5) is 0 Å². The van der Waals surface area contributed by atoms with Gasteiger partial charge in [0.15, 0.2) is 5.78 Å². The number of carbonyl (C=O) groups excluding carboxylic acids is 1. The molecule has 2 aromatic heterocycles. The second-order valence-corrected chi connectivity index (χ2v) is 5.14. The molecule has 0 fully saturated rings. The monoisotopic (exact) mass is 273 g/mol. The highest BCUT2D eigenvalue weighted by Crippen LogP contribution is 2.26. The van der Waals surface area contributed by atoms with Crippen LogP contribution in [0.1, 0.15) is 26.3 Å². The maximum atomic E-state index is 10.9. The molecular formula is C15H19N3O2. The summed E-state index contributed by atoms with van der Waals surface area (Å²) in [6, 6.07) is 0. The van der Waals surface area contributed by atoms with Crippen LogP contribution in [0, 0.1) is 5.92 Å². The first-order valence-electron chi connectivity index (χ1n) is 6.68. The standard InChI is InChI=1S/C15H19N3O2/c1-10(2)8-20-15-13-12(6-4-5-11(3)19)7-16-14(13)17-9-18-15/h4-5,7,9-10H,6,8H2,1-3H3,(H,16,17,18). The molecule has 5 heteroatoms. The summed E-state index contributed by atoms with van der Waals surface area (Å²) >= 11 is 0. The van der Waals surface area contributed by atoms with Crippen LogP contribution in [-0.2, 0) is 11.2 Å².